The van der Waals surface area contributed by atoms with Gasteiger partial charge >= 0.3 is 0 Å². The summed E-state index contributed by atoms with van der Waals surface area (Å²) in [5.41, 5.74) is 2.22. The van der Waals surface area contributed by atoms with E-state index in [2.05, 4.69) is 98.3 Å². The molecule has 4 nitrogen and oxygen atoms in total. The molecule has 0 saturated carbocycles. The maximum Gasteiger partial charge on any atom is 0.203 e. The lowest BCUT2D eigenvalue weighted by molar-refractivity contribution is 0.506. The molecule has 0 aromatic heterocycles. The molecule has 0 fully saturated rings. The van der Waals surface area contributed by atoms with Crippen LogP contribution in [-0.2, 0) is 0 Å². The van der Waals surface area contributed by atoms with E-state index in [0.29, 0.717) is 0 Å². The fourth-order valence-electron chi connectivity index (χ4n) is 2.30. The van der Waals surface area contributed by atoms with Crippen LogP contribution >= 0.6 is 0 Å². The molecule has 1 atom stereocenters. The molecule has 0 radical (unpaired) electrons. The molecule has 7 heteroatoms. The van der Waals surface area contributed by atoms with Crippen molar-refractivity contribution >= 4 is 25.9 Å². The van der Waals surface area contributed by atoms with Gasteiger partial charge in [0, 0.05) is 0 Å². The van der Waals surface area contributed by atoms with E-state index in [1.165, 1.54) is 0 Å². The van der Waals surface area contributed by atoms with Gasteiger partial charge in [-0.25, -0.2) is 0 Å². The van der Waals surface area contributed by atoms with Crippen molar-refractivity contribution in [3.05, 3.63) is 12.3 Å². The Morgan fingerprint density at radius 3 is 1.26 bits per heavy atom. The summed E-state index contributed by atoms with van der Waals surface area (Å²) in [6, 6.07) is 0. The first-order chi connectivity index (χ1) is 8.40. The van der Waals surface area contributed by atoms with Crippen molar-refractivity contribution in [1.82, 2.24) is 17.6 Å². The van der Waals surface area contributed by atoms with Gasteiger partial charge in [-0.05, 0) is 68.5 Å². The van der Waals surface area contributed by atoms with Gasteiger partial charge in [0.15, 0.2) is 16.8 Å². The van der Waals surface area contributed by atoms with E-state index in [-0.39, 0.29) is 0 Å². The number of hydrogen-bond acceptors (Lipinski definition) is 4. The molecule has 0 aliphatic rings. The van der Waals surface area contributed by atoms with Crippen molar-refractivity contribution in [1.29, 1.82) is 0 Å². The van der Waals surface area contributed by atoms with Crippen LogP contribution in [0.25, 0.3) is 0 Å². The third-order valence-corrected chi connectivity index (χ3v) is 21.8. The summed E-state index contributed by atoms with van der Waals surface area (Å²) in [7, 11) is 8.77. The topological polar surface area (TPSA) is 13.0 Å². The first kappa shape index (κ1) is 19.2. The summed E-state index contributed by atoms with van der Waals surface area (Å²) >= 11 is 0. The molecule has 0 N–H and O–H groups in total. The van der Waals surface area contributed by atoms with E-state index in [0.717, 1.165) is 0 Å². The van der Waals surface area contributed by atoms with Gasteiger partial charge in [-0.3, -0.25) is 0 Å². The van der Waals surface area contributed by atoms with Crippen LogP contribution in [0.15, 0.2) is 12.3 Å². The predicted octanol–water partition coefficient (Wildman–Crippen LogP) is 1.32. The zero-order chi connectivity index (χ0) is 15.6. The number of hydrogen-bond donors (Lipinski definition) is 0. The van der Waals surface area contributed by atoms with Crippen LogP contribution in [0.2, 0.25) is 26.2 Å². The summed E-state index contributed by atoms with van der Waals surface area (Å²) in [5, 5.41) is 0. The van der Waals surface area contributed by atoms with Gasteiger partial charge in [0.2, 0.25) is 9.12 Å². The quantitative estimate of drug-likeness (QED) is 0.656. The highest BCUT2D eigenvalue weighted by atomic mass is 28.5. The molecule has 0 heterocycles. The van der Waals surface area contributed by atoms with Gasteiger partial charge in [-0.1, -0.05) is 5.70 Å². The van der Waals surface area contributed by atoms with Gasteiger partial charge in [-0.2, -0.15) is 0 Å². The summed E-state index contributed by atoms with van der Waals surface area (Å²) in [6.45, 7) is 14.0. The minimum absolute atomic E-state index is 1.29. The second-order valence-corrected chi connectivity index (χ2v) is 19.8. The molecule has 0 spiro atoms. The number of rotatable bonds is 7. The molecule has 19 heavy (non-hydrogen) atoms. The van der Waals surface area contributed by atoms with Crippen molar-refractivity contribution in [2.75, 3.05) is 42.3 Å². The summed E-state index contributed by atoms with van der Waals surface area (Å²) in [5.74, 6) is 0. The maximum absolute atomic E-state index is 4.13. The van der Waals surface area contributed by atoms with Crippen LogP contribution in [0.5, 0.6) is 0 Å². The van der Waals surface area contributed by atoms with Gasteiger partial charge in [-0.15, -0.1) is 6.58 Å². The van der Waals surface area contributed by atoms with Crippen molar-refractivity contribution < 1.29 is 0 Å². The van der Waals surface area contributed by atoms with E-state index in [4.69, 9.17) is 0 Å². The lowest BCUT2D eigenvalue weighted by Gasteiger charge is -2.55. The molecule has 0 rings (SSSR count). The zero-order valence-electron chi connectivity index (χ0n) is 14.7. The summed E-state index contributed by atoms with van der Waals surface area (Å²) < 4.78 is 10.2. The fourth-order valence-corrected chi connectivity index (χ4v) is 19.4. The van der Waals surface area contributed by atoms with Crippen molar-refractivity contribution in [2.24, 2.45) is 0 Å². The van der Waals surface area contributed by atoms with E-state index in [1.807, 2.05) is 0 Å². The van der Waals surface area contributed by atoms with Gasteiger partial charge in [0.25, 0.3) is 0 Å². The highest BCUT2D eigenvalue weighted by Gasteiger charge is 2.48. The second kappa shape index (κ2) is 6.79. The van der Waals surface area contributed by atoms with Crippen molar-refractivity contribution in [3.63, 3.8) is 0 Å². The SMILES string of the molecule is C=C[SiH](N(C)C)N([Si](C)(C)N(C)C)[Si](C)(C)N(C)C. The van der Waals surface area contributed by atoms with Crippen LogP contribution in [0.3, 0.4) is 0 Å². The van der Waals surface area contributed by atoms with Gasteiger partial charge in [0.1, 0.15) is 0 Å². The third kappa shape index (κ3) is 4.10. The van der Waals surface area contributed by atoms with Gasteiger partial charge in [0.05, 0.1) is 0 Å². The van der Waals surface area contributed by atoms with Crippen LogP contribution in [0, 0.1) is 0 Å². The zero-order valence-corrected chi connectivity index (χ0v) is 17.8. The average Bonchev–Trinajstić information content (AvgIpc) is 2.23. The highest BCUT2D eigenvalue weighted by molar-refractivity contribution is 6.98. The Kier molecular flexibility index (Phi) is 6.87. The highest BCUT2D eigenvalue weighted by Crippen LogP contribution is 2.25. The molecular formula is C12H34N4Si3. The molecule has 1 unspecified atom stereocenters. The molecule has 0 aliphatic carbocycles. The molecule has 0 bridgehead atoms. The Balaban J connectivity index is 5.82. The molecule has 0 aromatic rings. The molecular weight excluding hydrogens is 284 g/mol. The minimum atomic E-state index is -1.62. The maximum atomic E-state index is 4.13. The Morgan fingerprint density at radius 1 is 0.789 bits per heavy atom. The van der Waals surface area contributed by atoms with E-state index >= 15 is 0 Å². The first-order valence-electron chi connectivity index (χ1n) is 6.84. The van der Waals surface area contributed by atoms with Crippen molar-refractivity contribution in [3.8, 4) is 0 Å². The Hall–Kier alpha value is 0.231. The monoisotopic (exact) mass is 318 g/mol. The molecule has 0 aliphatic heterocycles. The van der Waals surface area contributed by atoms with Gasteiger partial charge < -0.3 is 17.6 Å². The molecule has 0 amide bonds. The second-order valence-electron chi connectivity index (χ2n) is 6.76. The Bertz CT molecular complexity index is 283. The summed E-state index contributed by atoms with van der Waals surface area (Å²) in [4.78, 5) is 0. The van der Waals surface area contributed by atoms with Crippen LogP contribution < -0.4 is 0 Å². The Morgan fingerprint density at radius 2 is 1.11 bits per heavy atom. The molecule has 0 aromatic carbocycles. The third-order valence-electron chi connectivity index (χ3n) is 4.37. The smallest absolute Gasteiger partial charge is 0.203 e. The fraction of sp³-hybridized carbons (Fsp3) is 0.833. The van der Waals surface area contributed by atoms with E-state index < -0.39 is 25.9 Å². The lowest BCUT2D eigenvalue weighted by atomic mass is 11.2. The standard InChI is InChI=1S/C12H34N4Si3/c1-12-17(13(2)3)16(18(8,9)14(4)5)19(10,11)15(6)7/h12,17H,1H2,2-11H3. The average molecular weight is 319 g/mol. The Labute approximate surface area is 124 Å². The number of nitrogens with zero attached hydrogens (tertiary/aromatic N) is 4. The van der Waals surface area contributed by atoms with Crippen LogP contribution in [-0.4, -0.2) is 85.8 Å². The van der Waals surface area contributed by atoms with Crippen LogP contribution in [0.1, 0.15) is 0 Å². The predicted molar refractivity (Wildman–Crippen MR) is 95.2 cm³/mol. The summed E-state index contributed by atoms with van der Waals surface area (Å²) in [6.07, 6.45) is 0. The van der Waals surface area contributed by atoms with E-state index in [9.17, 15) is 0 Å². The molecule has 114 valence electrons. The first-order valence-corrected chi connectivity index (χ1v) is 14.3. The normalized spacial score (nSPS) is 15.7. The largest absolute Gasteiger partial charge is 0.331 e. The van der Waals surface area contributed by atoms with Crippen LogP contribution in [0.4, 0.5) is 0 Å². The molecule has 0 saturated heterocycles. The van der Waals surface area contributed by atoms with Crippen molar-refractivity contribution in [2.45, 2.75) is 26.2 Å². The van der Waals surface area contributed by atoms with E-state index in [1.54, 1.807) is 0 Å². The lowest BCUT2D eigenvalue weighted by Crippen LogP contribution is -2.78. The minimum Gasteiger partial charge on any atom is -0.331 e.